The van der Waals surface area contributed by atoms with Crippen LogP contribution >= 0.6 is 11.6 Å². The summed E-state index contributed by atoms with van der Waals surface area (Å²) in [6.45, 7) is 2.73. The second-order valence-electron chi connectivity index (χ2n) is 8.49. The Kier molecular flexibility index (Phi) is 4.67. The fourth-order valence-corrected chi connectivity index (χ4v) is 4.68. The van der Waals surface area contributed by atoms with Crippen molar-refractivity contribution in [1.82, 2.24) is 19.5 Å². The van der Waals surface area contributed by atoms with Gasteiger partial charge in [0, 0.05) is 34.4 Å². The van der Waals surface area contributed by atoms with E-state index in [1.165, 1.54) is 0 Å². The van der Waals surface area contributed by atoms with Crippen LogP contribution in [-0.4, -0.2) is 19.5 Å². The monoisotopic (exact) mass is 453 g/mol. The number of fused-ring (bicyclic) bond motifs is 3. The molecular weight excluding hydrogens is 434 g/mol. The van der Waals surface area contributed by atoms with Crippen molar-refractivity contribution in [2.45, 2.75) is 38.8 Å². The molecule has 162 valence electrons. The number of hydrogen-bond donors (Lipinski definition) is 0. The quantitative estimate of drug-likeness (QED) is 0.375. The smallest absolute Gasteiger partial charge is 0.161 e. The van der Waals surface area contributed by atoms with Crippen molar-refractivity contribution in [2.24, 2.45) is 0 Å². The average molecular weight is 454 g/mol. The van der Waals surface area contributed by atoms with Crippen LogP contribution in [-0.2, 0) is 13.2 Å². The maximum Gasteiger partial charge on any atom is 0.161 e. The molecule has 6 nitrogen and oxygen atoms in total. The molecule has 0 saturated heterocycles. The molecule has 4 aromatic rings. The van der Waals surface area contributed by atoms with Crippen LogP contribution < -0.4 is 4.74 Å². The van der Waals surface area contributed by atoms with E-state index in [0.29, 0.717) is 29.7 Å². The predicted octanol–water partition coefficient (Wildman–Crippen LogP) is 5.64. The van der Waals surface area contributed by atoms with Crippen LogP contribution in [0.15, 0.2) is 54.2 Å². The molecule has 1 saturated carbocycles. The molecule has 0 N–H and O–H groups in total. The van der Waals surface area contributed by atoms with Crippen molar-refractivity contribution in [2.75, 3.05) is 0 Å². The van der Waals surface area contributed by atoms with Gasteiger partial charge >= 0.3 is 0 Å². The third-order valence-electron chi connectivity index (χ3n) is 6.24. The van der Waals surface area contributed by atoms with E-state index in [1.807, 2.05) is 37.3 Å². The summed E-state index contributed by atoms with van der Waals surface area (Å²) in [7, 11) is 0. The lowest BCUT2D eigenvalue weighted by Crippen LogP contribution is -2.09. The molecule has 1 aromatic carbocycles. The van der Waals surface area contributed by atoms with Gasteiger partial charge in [-0.05, 0) is 38.0 Å². The zero-order chi connectivity index (χ0) is 22.5. The largest absolute Gasteiger partial charge is 0.487 e. The lowest BCUT2D eigenvalue weighted by molar-refractivity contribution is 0.302. The van der Waals surface area contributed by atoms with Crippen molar-refractivity contribution in [3.63, 3.8) is 0 Å². The highest BCUT2D eigenvalue weighted by Gasteiger charge is 2.31. The molecule has 0 spiro atoms. The fraction of sp³-hybridized carbons (Fsp3) is 0.231. The summed E-state index contributed by atoms with van der Waals surface area (Å²) in [4.78, 5) is 14.4. The van der Waals surface area contributed by atoms with E-state index >= 15 is 0 Å². The summed E-state index contributed by atoms with van der Waals surface area (Å²) in [5.74, 6) is 2.23. The van der Waals surface area contributed by atoms with E-state index in [-0.39, 0.29) is 0 Å². The van der Waals surface area contributed by atoms with Gasteiger partial charge < -0.3 is 9.30 Å². The highest BCUT2D eigenvalue weighted by Crippen LogP contribution is 2.42. The molecule has 1 fully saturated rings. The van der Waals surface area contributed by atoms with Crippen molar-refractivity contribution >= 4 is 28.3 Å². The topological polar surface area (TPSA) is 76.6 Å². The number of nitriles is 1. The first-order valence-corrected chi connectivity index (χ1v) is 11.3. The molecule has 33 heavy (non-hydrogen) atoms. The average Bonchev–Trinajstić information content (AvgIpc) is 3.63. The zero-order valence-electron chi connectivity index (χ0n) is 18.0. The number of imidazole rings is 1. The summed E-state index contributed by atoms with van der Waals surface area (Å²) >= 11 is 6.41. The molecule has 3 aromatic heterocycles. The van der Waals surface area contributed by atoms with Crippen LogP contribution in [0.25, 0.3) is 16.7 Å². The van der Waals surface area contributed by atoms with Crippen LogP contribution in [0.1, 0.15) is 54.0 Å². The Morgan fingerprint density at radius 3 is 2.82 bits per heavy atom. The van der Waals surface area contributed by atoms with Crippen LogP contribution in [0.4, 0.5) is 0 Å². The van der Waals surface area contributed by atoms with E-state index in [1.54, 1.807) is 12.3 Å². The zero-order valence-corrected chi connectivity index (χ0v) is 18.8. The summed E-state index contributed by atoms with van der Waals surface area (Å²) in [5.41, 5.74) is 6.59. The third kappa shape index (κ3) is 3.37. The van der Waals surface area contributed by atoms with Gasteiger partial charge in [-0.3, -0.25) is 4.98 Å². The van der Waals surface area contributed by atoms with Crippen molar-refractivity contribution in [3.05, 3.63) is 87.6 Å². The third-order valence-corrected chi connectivity index (χ3v) is 6.55. The molecule has 1 aliphatic heterocycles. The first-order valence-electron chi connectivity index (χ1n) is 11.0. The Hall–Kier alpha value is -3.69. The number of allylic oxidation sites excluding steroid dienone is 1. The van der Waals surface area contributed by atoms with Gasteiger partial charge in [0.05, 0.1) is 29.0 Å². The summed E-state index contributed by atoms with van der Waals surface area (Å²) in [5, 5.41) is 10.3. The van der Waals surface area contributed by atoms with Crippen LogP contribution in [0.3, 0.4) is 0 Å². The van der Waals surface area contributed by atoms with E-state index in [2.05, 4.69) is 21.7 Å². The summed E-state index contributed by atoms with van der Waals surface area (Å²) < 4.78 is 8.23. The molecule has 0 unspecified atom stereocenters. The van der Waals surface area contributed by atoms with Gasteiger partial charge in [0.2, 0.25) is 0 Å². The Balaban J connectivity index is 1.46. The predicted molar refractivity (Wildman–Crippen MR) is 126 cm³/mol. The molecule has 2 aliphatic rings. The summed E-state index contributed by atoms with van der Waals surface area (Å²) in [6.07, 6.45) is 3.98. The first kappa shape index (κ1) is 20.0. The highest BCUT2D eigenvalue weighted by molar-refractivity contribution is 6.34. The number of benzene rings is 1. The van der Waals surface area contributed by atoms with E-state index in [4.69, 9.17) is 26.3 Å². The van der Waals surface area contributed by atoms with Gasteiger partial charge in [0.25, 0.3) is 0 Å². The normalized spacial score (nSPS) is 16.4. The van der Waals surface area contributed by atoms with Crippen molar-refractivity contribution < 1.29 is 4.74 Å². The fourth-order valence-electron chi connectivity index (χ4n) is 4.50. The minimum atomic E-state index is 0.340. The Morgan fingerprint density at radius 2 is 2.00 bits per heavy atom. The second-order valence-corrected chi connectivity index (χ2v) is 8.90. The van der Waals surface area contributed by atoms with Gasteiger partial charge in [-0.25, -0.2) is 9.97 Å². The van der Waals surface area contributed by atoms with E-state index < -0.39 is 0 Å². The SMILES string of the molecule is CC(C#N)=C1c2ccccc2OCc2nc(Cn3c(C4CC4)nc4c(Cl)ccnc43)ccc21. The van der Waals surface area contributed by atoms with E-state index in [0.717, 1.165) is 63.7 Å². The van der Waals surface area contributed by atoms with Crippen LogP contribution in [0.2, 0.25) is 5.02 Å². The maximum absolute atomic E-state index is 9.67. The molecule has 0 bridgehead atoms. The number of pyridine rings is 2. The minimum Gasteiger partial charge on any atom is -0.487 e. The molecule has 7 heteroatoms. The highest BCUT2D eigenvalue weighted by atomic mass is 35.5. The number of halogens is 1. The number of hydrogen-bond acceptors (Lipinski definition) is 5. The van der Waals surface area contributed by atoms with Crippen molar-refractivity contribution in [1.29, 1.82) is 5.26 Å². The lowest BCUT2D eigenvalue weighted by atomic mass is 9.93. The number of aromatic nitrogens is 4. The standard InChI is InChI=1S/C26H20ClN5O/c1-15(12-28)23-18-9-8-17(30-21(18)14-33-22-5-3-2-4-19(22)23)13-32-25(16-6-7-16)31-24-20(27)10-11-29-26(24)32/h2-5,8-11,16H,6-7,13-14H2,1H3. The van der Waals surface area contributed by atoms with Crippen LogP contribution in [0, 0.1) is 11.3 Å². The molecule has 0 radical (unpaired) electrons. The van der Waals surface area contributed by atoms with Gasteiger partial charge in [-0.1, -0.05) is 35.9 Å². The Labute approximate surface area is 196 Å². The number of para-hydroxylation sites is 1. The molecule has 0 amide bonds. The Morgan fingerprint density at radius 1 is 1.15 bits per heavy atom. The van der Waals surface area contributed by atoms with Crippen molar-refractivity contribution in [3.8, 4) is 11.8 Å². The van der Waals surface area contributed by atoms with E-state index in [9.17, 15) is 5.26 Å². The molecular formula is C26H20ClN5O. The number of ether oxygens (including phenoxy) is 1. The van der Waals surface area contributed by atoms with Gasteiger partial charge in [0.15, 0.2) is 5.65 Å². The van der Waals surface area contributed by atoms with Crippen LogP contribution in [0.5, 0.6) is 5.75 Å². The maximum atomic E-state index is 9.67. The summed E-state index contributed by atoms with van der Waals surface area (Å²) in [6, 6.07) is 16.0. The molecule has 4 heterocycles. The lowest BCUT2D eigenvalue weighted by Gasteiger charge is -2.13. The van der Waals surface area contributed by atoms with Gasteiger partial charge in [0.1, 0.15) is 23.7 Å². The second kappa shape index (κ2) is 7.72. The number of rotatable bonds is 3. The number of nitrogens with zero attached hydrogens (tertiary/aromatic N) is 5. The molecule has 0 atom stereocenters. The van der Waals surface area contributed by atoms with Gasteiger partial charge in [-0.15, -0.1) is 0 Å². The first-order chi connectivity index (χ1) is 16.1. The van der Waals surface area contributed by atoms with Gasteiger partial charge in [-0.2, -0.15) is 5.26 Å². The molecule has 6 rings (SSSR count). The molecule has 1 aliphatic carbocycles. The Bertz CT molecular complexity index is 1490. The minimum absolute atomic E-state index is 0.340.